The zero-order chi connectivity index (χ0) is 15.2. The average molecular weight is 303 g/mol. The van der Waals surface area contributed by atoms with E-state index >= 15 is 0 Å². The van der Waals surface area contributed by atoms with E-state index in [2.05, 4.69) is 12.2 Å². The lowest BCUT2D eigenvalue weighted by Crippen LogP contribution is -2.44. The predicted molar refractivity (Wildman–Crippen MR) is 84.1 cm³/mol. The topological polar surface area (TPSA) is 58.6 Å². The molecule has 4 nitrogen and oxygen atoms in total. The Kier molecular flexibility index (Phi) is 6.65. The van der Waals surface area contributed by atoms with Crippen LogP contribution in [0.2, 0.25) is 0 Å². The van der Waals surface area contributed by atoms with E-state index in [1.807, 2.05) is 32.5 Å². The molecule has 20 heavy (non-hydrogen) atoms. The summed E-state index contributed by atoms with van der Waals surface area (Å²) in [5.41, 5.74) is -0.650. The van der Waals surface area contributed by atoms with Crippen LogP contribution >= 0.6 is 11.8 Å². The van der Waals surface area contributed by atoms with E-state index in [0.29, 0.717) is 12.5 Å². The summed E-state index contributed by atoms with van der Waals surface area (Å²) in [5.74, 6) is 2.66. The molecular formula is C15H29NO3S. The van der Waals surface area contributed by atoms with Gasteiger partial charge in [-0.1, -0.05) is 6.92 Å². The molecule has 0 spiro atoms. The second kappa shape index (κ2) is 7.55. The van der Waals surface area contributed by atoms with E-state index < -0.39 is 5.60 Å². The Morgan fingerprint density at radius 1 is 1.40 bits per heavy atom. The number of hydrogen-bond acceptors (Lipinski definition) is 4. The summed E-state index contributed by atoms with van der Waals surface area (Å²) in [4.78, 5) is 11.8. The first-order valence-corrected chi connectivity index (χ1v) is 8.64. The Labute approximate surface area is 127 Å². The monoisotopic (exact) mass is 303 g/mol. The Balaban J connectivity index is 2.50. The van der Waals surface area contributed by atoms with Gasteiger partial charge in [0.2, 0.25) is 0 Å². The molecule has 0 saturated heterocycles. The van der Waals surface area contributed by atoms with Gasteiger partial charge in [0, 0.05) is 12.0 Å². The fourth-order valence-corrected chi connectivity index (χ4v) is 3.22. The van der Waals surface area contributed by atoms with E-state index in [-0.39, 0.29) is 18.1 Å². The molecule has 5 heteroatoms. The first-order valence-electron chi connectivity index (χ1n) is 7.48. The van der Waals surface area contributed by atoms with Crippen molar-refractivity contribution in [2.75, 3.05) is 24.7 Å². The van der Waals surface area contributed by atoms with Gasteiger partial charge in [0.1, 0.15) is 5.60 Å². The minimum atomic E-state index is -0.483. The van der Waals surface area contributed by atoms with Gasteiger partial charge in [-0.2, -0.15) is 11.8 Å². The molecule has 2 N–H and O–H groups in total. The fraction of sp³-hybridized carbons (Fsp3) is 0.933. The number of carbonyl (C=O) groups is 1. The summed E-state index contributed by atoms with van der Waals surface area (Å²) in [6.07, 6.45) is 2.88. The molecule has 1 unspecified atom stereocenters. The third-order valence-corrected chi connectivity index (χ3v) is 4.59. The third kappa shape index (κ3) is 5.92. The maximum Gasteiger partial charge on any atom is 0.407 e. The molecule has 118 valence electrons. The molecule has 0 heterocycles. The molecule has 1 saturated carbocycles. The minimum Gasteiger partial charge on any atom is -0.444 e. The van der Waals surface area contributed by atoms with Crippen LogP contribution in [0.1, 0.15) is 47.0 Å². The highest BCUT2D eigenvalue weighted by atomic mass is 32.2. The Morgan fingerprint density at radius 2 is 2.05 bits per heavy atom. The van der Waals surface area contributed by atoms with Crippen molar-refractivity contribution >= 4 is 17.9 Å². The van der Waals surface area contributed by atoms with Crippen LogP contribution in [0.25, 0.3) is 0 Å². The molecule has 1 atom stereocenters. The first kappa shape index (κ1) is 17.6. The second-order valence-corrected chi connectivity index (χ2v) is 7.99. The molecule has 0 aromatic heterocycles. The molecule has 0 bridgehead atoms. The van der Waals surface area contributed by atoms with Gasteiger partial charge in [-0.15, -0.1) is 0 Å². The standard InChI is InChI=1S/C15H29NO3S/c1-5-20-9-8-15(11-17,12-6-7-12)10-16-13(18)19-14(2,3)4/h12,17H,5-11H2,1-4H3,(H,16,18). The molecule has 0 aromatic rings. The van der Waals surface area contributed by atoms with Crippen molar-refractivity contribution in [3.8, 4) is 0 Å². The molecule has 1 amide bonds. The molecule has 1 aliphatic rings. The second-order valence-electron chi connectivity index (χ2n) is 6.60. The van der Waals surface area contributed by atoms with Gasteiger partial charge in [-0.25, -0.2) is 4.79 Å². The highest BCUT2D eigenvalue weighted by Gasteiger charge is 2.44. The van der Waals surface area contributed by atoms with Crippen molar-refractivity contribution < 1.29 is 14.6 Å². The number of alkyl carbamates (subject to hydrolysis) is 1. The molecule has 1 fully saturated rings. The van der Waals surface area contributed by atoms with Crippen molar-refractivity contribution in [2.24, 2.45) is 11.3 Å². The molecule has 0 aliphatic heterocycles. The summed E-state index contributed by atoms with van der Waals surface area (Å²) >= 11 is 1.88. The van der Waals surface area contributed by atoms with Gasteiger partial charge >= 0.3 is 6.09 Å². The summed E-state index contributed by atoms with van der Waals surface area (Å²) in [6.45, 7) is 8.34. The lowest BCUT2D eigenvalue weighted by Gasteiger charge is -2.32. The smallest absolute Gasteiger partial charge is 0.407 e. The van der Waals surface area contributed by atoms with Crippen molar-refractivity contribution in [1.82, 2.24) is 5.32 Å². The quantitative estimate of drug-likeness (QED) is 0.677. The Hall–Kier alpha value is -0.420. The average Bonchev–Trinajstić information content (AvgIpc) is 3.16. The van der Waals surface area contributed by atoms with Crippen LogP contribution in [0.15, 0.2) is 0 Å². The van der Waals surface area contributed by atoms with Gasteiger partial charge < -0.3 is 15.2 Å². The maximum atomic E-state index is 11.8. The zero-order valence-electron chi connectivity index (χ0n) is 13.2. The number of nitrogens with one attached hydrogen (secondary N) is 1. The number of rotatable bonds is 8. The van der Waals surface area contributed by atoms with Crippen LogP contribution in [0.4, 0.5) is 4.79 Å². The fourth-order valence-electron chi connectivity index (χ4n) is 2.38. The van der Waals surface area contributed by atoms with E-state index in [0.717, 1.165) is 30.8 Å². The van der Waals surface area contributed by atoms with Crippen LogP contribution in [0.5, 0.6) is 0 Å². The Morgan fingerprint density at radius 3 is 2.50 bits per heavy atom. The van der Waals surface area contributed by atoms with Gasteiger partial charge in [0.05, 0.1) is 6.61 Å². The lowest BCUT2D eigenvalue weighted by atomic mass is 9.80. The van der Waals surface area contributed by atoms with Gasteiger partial charge in [0.15, 0.2) is 0 Å². The molecule has 0 radical (unpaired) electrons. The maximum absolute atomic E-state index is 11.8. The highest BCUT2D eigenvalue weighted by Crippen LogP contribution is 2.47. The molecular weight excluding hydrogens is 274 g/mol. The van der Waals surface area contributed by atoms with E-state index in [4.69, 9.17) is 4.74 Å². The predicted octanol–water partition coefficient (Wildman–Crippen LogP) is 3.04. The number of hydrogen-bond donors (Lipinski definition) is 2. The van der Waals surface area contributed by atoms with Crippen LogP contribution in [0, 0.1) is 11.3 Å². The SMILES string of the molecule is CCSCCC(CO)(CNC(=O)OC(C)(C)C)C1CC1. The summed E-state index contributed by atoms with van der Waals surface area (Å²) < 4.78 is 5.27. The number of thioether (sulfide) groups is 1. The molecule has 1 rings (SSSR count). The number of aliphatic hydroxyl groups is 1. The van der Waals surface area contributed by atoms with Crippen molar-refractivity contribution in [3.05, 3.63) is 0 Å². The third-order valence-electron chi connectivity index (χ3n) is 3.69. The van der Waals surface area contributed by atoms with Crippen LogP contribution < -0.4 is 5.32 Å². The number of aliphatic hydroxyl groups excluding tert-OH is 1. The minimum absolute atomic E-state index is 0.137. The van der Waals surface area contributed by atoms with Crippen molar-refractivity contribution in [3.63, 3.8) is 0 Å². The number of carbonyl (C=O) groups excluding carboxylic acids is 1. The van der Waals surface area contributed by atoms with E-state index in [1.165, 1.54) is 0 Å². The molecule has 1 aliphatic carbocycles. The van der Waals surface area contributed by atoms with Gasteiger partial charge in [-0.3, -0.25) is 0 Å². The van der Waals surface area contributed by atoms with Crippen molar-refractivity contribution in [2.45, 2.75) is 52.6 Å². The van der Waals surface area contributed by atoms with Crippen LogP contribution in [-0.2, 0) is 4.74 Å². The van der Waals surface area contributed by atoms with Crippen LogP contribution in [0.3, 0.4) is 0 Å². The van der Waals surface area contributed by atoms with Gasteiger partial charge in [0.25, 0.3) is 0 Å². The highest BCUT2D eigenvalue weighted by molar-refractivity contribution is 7.99. The van der Waals surface area contributed by atoms with E-state index in [1.54, 1.807) is 0 Å². The summed E-state index contributed by atoms with van der Waals surface area (Å²) in [6, 6.07) is 0. The largest absolute Gasteiger partial charge is 0.444 e. The van der Waals surface area contributed by atoms with Crippen molar-refractivity contribution in [1.29, 1.82) is 0 Å². The number of ether oxygens (including phenoxy) is 1. The number of amides is 1. The molecule has 0 aromatic carbocycles. The zero-order valence-corrected chi connectivity index (χ0v) is 14.0. The lowest BCUT2D eigenvalue weighted by molar-refractivity contribution is 0.0435. The summed E-state index contributed by atoms with van der Waals surface area (Å²) in [7, 11) is 0. The van der Waals surface area contributed by atoms with E-state index in [9.17, 15) is 9.90 Å². The van der Waals surface area contributed by atoms with Gasteiger partial charge in [-0.05, 0) is 57.5 Å². The first-order chi connectivity index (χ1) is 9.33. The van der Waals surface area contributed by atoms with Crippen LogP contribution in [-0.4, -0.2) is 41.5 Å². The summed E-state index contributed by atoms with van der Waals surface area (Å²) in [5, 5.41) is 12.7. The normalized spacial score (nSPS) is 18.4. The Bertz CT molecular complexity index is 313.